The number of nitrogens with zero attached hydrogens (tertiary/aromatic N) is 2. The van der Waals surface area contributed by atoms with Crippen LogP contribution in [0.3, 0.4) is 0 Å². The SMILES string of the molecule is CNCCOC(=O)N(Cc1cccc(NC(=O)Nc2ccc(-c3cnco3)c(OC)c2)c1)C(=O)OC1CCOC1. The van der Waals surface area contributed by atoms with Gasteiger partial charge in [-0.05, 0) is 36.9 Å². The first-order valence-corrected chi connectivity index (χ1v) is 12.6. The van der Waals surface area contributed by atoms with Crippen LogP contribution in [-0.4, -0.2) is 74.7 Å². The van der Waals surface area contributed by atoms with Crippen molar-refractivity contribution in [2.45, 2.75) is 19.1 Å². The van der Waals surface area contributed by atoms with Gasteiger partial charge in [-0.15, -0.1) is 0 Å². The van der Waals surface area contributed by atoms with Gasteiger partial charge in [-0.25, -0.2) is 24.3 Å². The molecule has 0 radical (unpaired) electrons. The van der Waals surface area contributed by atoms with Gasteiger partial charge in [0.2, 0.25) is 0 Å². The topological polar surface area (TPSA) is 153 Å². The Morgan fingerprint density at radius 3 is 2.62 bits per heavy atom. The van der Waals surface area contributed by atoms with Crippen molar-refractivity contribution in [1.29, 1.82) is 0 Å². The zero-order valence-electron chi connectivity index (χ0n) is 22.2. The number of amides is 4. The molecule has 40 heavy (non-hydrogen) atoms. The Bertz CT molecular complexity index is 1290. The number of nitrogens with one attached hydrogen (secondary N) is 3. The molecule has 1 aliphatic rings. The number of hydrogen-bond donors (Lipinski definition) is 3. The lowest BCUT2D eigenvalue weighted by molar-refractivity contribution is 0.0451. The molecule has 212 valence electrons. The van der Waals surface area contributed by atoms with Crippen LogP contribution in [0.25, 0.3) is 11.3 Å². The summed E-state index contributed by atoms with van der Waals surface area (Å²) in [6.45, 7) is 1.14. The van der Waals surface area contributed by atoms with Crippen LogP contribution in [0.5, 0.6) is 5.75 Å². The maximum Gasteiger partial charge on any atom is 0.419 e. The third-order valence-electron chi connectivity index (χ3n) is 5.86. The van der Waals surface area contributed by atoms with Crippen LogP contribution < -0.4 is 20.7 Å². The number of anilines is 2. The average Bonchev–Trinajstić information content (AvgIpc) is 3.67. The molecule has 13 nitrogen and oxygen atoms in total. The molecule has 1 aliphatic heterocycles. The molecular weight excluding hydrogens is 522 g/mol. The van der Waals surface area contributed by atoms with E-state index in [1.165, 1.54) is 13.5 Å². The normalized spacial score (nSPS) is 14.3. The first-order chi connectivity index (χ1) is 19.5. The van der Waals surface area contributed by atoms with E-state index in [9.17, 15) is 14.4 Å². The molecule has 4 rings (SSSR count). The van der Waals surface area contributed by atoms with E-state index in [0.717, 1.165) is 4.90 Å². The highest BCUT2D eigenvalue weighted by molar-refractivity contribution is 6.00. The number of imide groups is 1. The molecule has 13 heteroatoms. The van der Waals surface area contributed by atoms with Crippen molar-refractivity contribution in [1.82, 2.24) is 15.2 Å². The predicted molar refractivity (Wildman–Crippen MR) is 144 cm³/mol. The summed E-state index contributed by atoms with van der Waals surface area (Å²) in [5.74, 6) is 1.03. The highest BCUT2D eigenvalue weighted by Crippen LogP contribution is 2.32. The summed E-state index contributed by atoms with van der Waals surface area (Å²) in [5, 5.41) is 8.37. The van der Waals surface area contributed by atoms with Crippen LogP contribution in [0.4, 0.5) is 25.8 Å². The summed E-state index contributed by atoms with van der Waals surface area (Å²) < 4.78 is 26.6. The molecule has 1 saturated heterocycles. The van der Waals surface area contributed by atoms with Gasteiger partial charge in [0.25, 0.3) is 0 Å². The second kappa shape index (κ2) is 14.0. The number of rotatable bonds is 10. The second-order valence-corrected chi connectivity index (χ2v) is 8.73. The molecule has 4 amide bonds. The Hall–Kier alpha value is -4.62. The van der Waals surface area contributed by atoms with E-state index < -0.39 is 24.3 Å². The van der Waals surface area contributed by atoms with E-state index in [2.05, 4.69) is 20.9 Å². The minimum absolute atomic E-state index is 0.0809. The van der Waals surface area contributed by atoms with Crippen LogP contribution >= 0.6 is 0 Å². The molecule has 3 N–H and O–H groups in total. The Labute approximate surface area is 230 Å². The van der Waals surface area contributed by atoms with Crippen molar-refractivity contribution < 1.29 is 37.7 Å². The molecule has 3 aromatic rings. The maximum atomic E-state index is 12.8. The molecule has 1 atom stereocenters. The minimum Gasteiger partial charge on any atom is -0.496 e. The number of ether oxygens (including phenoxy) is 4. The standard InChI is InChI=1S/C27H31N5O8/c1-28-9-11-38-26(34)32(27(35)40-21-8-10-37-16-21)15-18-4-3-5-19(12-18)30-25(33)31-20-6-7-22(23(13-20)36-2)24-14-29-17-39-24/h3-7,12-14,17,21,28H,8-11,15-16H2,1-2H3,(H2,30,31,33). The number of urea groups is 1. The summed E-state index contributed by atoms with van der Waals surface area (Å²) in [7, 11) is 3.24. The largest absolute Gasteiger partial charge is 0.496 e. The van der Waals surface area contributed by atoms with Crippen molar-refractivity contribution in [3.8, 4) is 17.1 Å². The first-order valence-electron chi connectivity index (χ1n) is 12.6. The van der Waals surface area contributed by atoms with E-state index in [0.29, 0.717) is 53.6 Å². The molecule has 0 aliphatic carbocycles. The zero-order chi connectivity index (χ0) is 28.3. The number of aromatic nitrogens is 1. The number of hydrogen-bond acceptors (Lipinski definition) is 10. The monoisotopic (exact) mass is 553 g/mol. The number of oxazole rings is 1. The predicted octanol–water partition coefficient (Wildman–Crippen LogP) is 4.08. The lowest BCUT2D eigenvalue weighted by Gasteiger charge is -2.22. The van der Waals surface area contributed by atoms with E-state index in [1.807, 2.05) is 0 Å². The average molecular weight is 554 g/mol. The maximum absolute atomic E-state index is 12.8. The van der Waals surface area contributed by atoms with Gasteiger partial charge in [0.1, 0.15) is 18.5 Å². The smallest absolute Gasteiger partial charge is 0.419 e. The number of likely N-dealkylation sites (N-methyl/N-ethyl adjacent to an activating group) is 1. The summed E-state index contributed by atoms with van der Waals surface area (Å²) >= 11 is 0. The number of benzene rings is 2. The fourth-order valence-electron chi connectivity index (χ4n) is 3.88. The van der Waals surface area contributed by atoms with Gasteiger partial charge >= 0.3 is 18.2 Å². The Morgan fingerprint density at radius 1 is 1.10 bits per heavy atom. The fourth-order valence-corrected chi connectivity index (χ4v) is 3.88. The van der Waals surface area contributed by atoms with E-state index in [4.69, 9.17) is 23.4 Å². The van der Waals surface area contributed by atoms with Gasteiger partial charge in [0, 0.05) is 30.4 Å². The molecule has 2 heterocycles. The number of carbonyl (C=O) groups is 3. The highest BCUT2D eigenvalue weighted by Gasteiger charge is 2.29. The summed E-state index contributed by atoms with van der Waals surface area (Å²) in [4.78, 5) is 43.0. The quantitative estimate of drug-likeness (QED) is 0.313. The third-order valence-corrected chi connectivity index (χ3v) is 5.86. The molecule has 1 unspecified atom stereocenters. The lowest BCUT2D eigenvalue weighted by Crippen LogP contribution is -2.40. The van der Waals surface area contributed by atoms with E-state index in [1.54, 1.807) is 55.7 Å². The zero-order valence-corrected chi connectivity index (χ0v) is 22.2. The van der Waals surface area contributed by atoms with Crippen LogP contribution in [0, 0.1) is 0 Å². The van der Waals surface area contributed by atoms with Gasteiger partial charge in [-0.3, -0.25) is 0 Å². The Morgan fingerprint density at radius 2 is 1.93 bits per heavy atom. The summed E-state index contributed by atoms with van der Waals surface area (Å²) in [6.07, 6.45) is 1.35. The van der Waals surface area contributed by atoms with Crippen molar-refractivity contribution in [2.75, 3.05) is 51.2 Å². The fraction of sp³-hybridized carbons (Fsp3) is 0.333. The van der Waals surface area contributed by atoms with E-state index >= 15 is 0 Å². The molecule has 0 spiro atoms. The van der Waals surface area contributed by atoms with Crippen LogP contribution in [0.1, 0.15) is 12.0 Å². The van der Waals surface area contributed by atoms with Crippen molar-refractivity contribution in [3.63, 3.8) is 0 Å². The molecule has 2 aromatic carbocycles. The summed E-state index contributed by atoms with van der Waals surface area (Å²) in [5.41, 5.74) is 2.19. The van der Waals surface area contributed by atoms with Crippen LogP contribution in [0.15, 0.2) is 59.5 Å². The van der Waals surface area contributed by atoms with Gasteiger partial charge in [0.05, 0.1) is 38.6 Å². The third kappa shape index (κ3) is 7.71. The van der Waals surface area contributed by atoms with Crippen LogP contribution in [-0.2, 0) is 20.8 Å². The second-order valence-electron chi connectivity index (χ2n) is 8.73. The molecular formula is C27H31N5O8. The van der Waals surface area contributed by atoms with Crippen molar-refractivity contribution in [2.24, 2.45) is 0 Å². The Kier molecular flexibility index (Phi) is 9.91. The number of methoxy groups -OCH3 is 1. The van der Waals surface area contributed by atoms with Gasteiger partial charge < -0.3 is 39.3 Å². The summed E-state index contributed by atoms with van der Waals surface area (Å²) in [6, 6.07) is 11.3. The molecule has 1 aromatic heterocycles. The Balaban J connectivity index is 1.41. The lowest BCUT2D eigenvalue weighted by atomic mass is 10.1. The van der Waals surface area contributed by atoms with Crippen molar-refractivity contribution in [3.05, 3.63) is 60.6 Å². The van der Waals surface area contributed by atoms with Gasteiger partial charge in [-0.2, -0.15) is 0 Å². The number of carbonyl (C=O) groups excluding carboxylic acids is 3. The van der Waals surface area contributed by atoms with Crippen molar-refractivity contribution >= 4 is 29.6 Å². The first kappa shape index (κ1) is 28.4. The van der Waals surface area contributed by atoms with Gasteiger partial charge in [-0.1, -0.05) is 12.1 Å². The highest BCUT2D eigenvalue weighted by atomic mass is 16.6. The molecule has 0 bridgehead atoms. The molecule has 0 saturated carbocycles. The van der Waals surface area contributed by atoms with Gasteiger partial charge in [0.15, 0.2) is 12.2 Å². The molecule has 1 fully saturated rings. The van der Waals surface area contributed by atoms with E-state index in [-0.39, 0.29) is 19.8 Å². The van der Waals surface area contributed by atoms with Crippen LogP contribution in [0.2, 0.25) is 0 Å². The minimum atomic E-state index is -0.835.